The fourth-order valence-corrected chi connectivity index (χ4v) is 2.97. The van der Waals surface area contributed by atoms with Crippen molar-refractivity contribution in [1.82, 2.24) is 0 Å². The third-order valence-electron chi connectivity index (χ3n) is 3.92. The van der Waals surface area contributed by atoms with Crippen molar-refractivity contribution in [3.8, 4) is 0 Å². The number of methoxy groups -OCH3 is 1. The lowest BCUT2D eigenvalue weighted by atomic mass is 9.95. The second-order valence-electron chi connectivity index (χ2n) is 5.20. The van der Waals surface area contributed by atoms with E-state index in [1.54, 1.807) is 13.2 Å². The minimum atomic E-state index is -0.304. The normalized spacial score (nSPS) is 22.9. The van der Waals surface area contributed by atoms with Gasteiger partial charge in [0.2, 0.25) is 0 Å². The molecule has 2 rings (SSSR count). The maximum Gasteiger partial charge on any atom is 0.292 e. The molecule has 0 saturated carbocycles. The van der Waals surface area contributed by atoms with Gasteiger partial charge in [-0.05, 0) is 24.0 Å². The summed E-state index contributed by atoms with van der Waals surface area (Å²) in [5, 5.41) is 11.9. The van der Waals surface area contributed by atoms with Crippen molar-refractivity contribution < 1.29 is 9.66 Å². The fraction of sp³-hybridized carbons (Fsp3) is 0.571. The molecule has 0 aliphatic carbocycles. The van der Waals surface area contributed by atoms with Crippen LogP contribution in [0.25, 0.3) is 0 Å². The van der Waals surface area contributed by atoms with E-state index in [0.717, 1.165) is 18.5 Å². The van der Waals surface area contributed by atoms with Gasteiger partial charge in [0.1, 0.15) is 5.69 Å². The highest BCUT2D eigenvalue weighted by molar-refractivity contribution is 9.08. The second-order valence-corrected chi connectivity index (χ2v) is 5.76. The van der Waals surface area contributed by atoms with Gasteiger partial charge in [0.15, 0.2) is 0 Å². The molecule has 0 spiro atoms. The first-order chi connectivity index (χ1) is 9.56. The Morgan fingerprint density at radius 3 is 2.90 bits per heavy atom. The van der Waals surface area contributed by atoms with Crippen LogP contribution in [-0.2, 0) is 10.1 Å². The molecule has 0 aromatic heterocycles. The van der Waals surface area contributed by atoms with Crippen molar-refractivity contribution in [2.45, 2.75) is 24.8 Å². The maximum atomic E-state index is 11.3. The minimum absolute atomic E-state index is 0.124. The van der Waals surface area contributed by atoms with Crippen molar-refractivity contribution in [1.29, 1.82) is 0 Å². The standard InChI is InChI=1S/C14H19BrN2O3/c1-10-5-6-16(9-14(10)20-2)12-4-3-11(8-15)7-13(12)17(18)19/h3-4,7,10,14H,5-6,8-9H2,1-2H3. The zero-order valence-corrected chi connectivity index (χ0v) is 13.3. The molecule has 1 heterocycles. The number of alkyl halides is 1. The molecule has 1 aliphatic heterocycles. The van der Waals surface area contributed by atoms with Crippen LogP contribution in [-0.4, -0.2) is 31.2 Å². The number of rotatable bonds is 4. The summed E-state index contributed by atoms with van der Waals surface area (Å²) in [6, 6.07) is 5.41. The quantitative estimate of drug-likeness (QED) is 0.478. The summed E-state index contributed by atoms with van der Waals surface area (Å²) < 4.78 is 5.48. The van der Waals surface area contributed by atoms with Gasteiger partial charge in [0, 0.05) is 31.6 Å². The third kappa shape index (κ3) is 3.12. The number of nitro groups is 1. The molecule has 2 unspecified atom stereocenters. The van der Waals surface area contributed by atoms with Gasteiger partial charge in [-0.3, -0.25) is 10.1 Å². The highest BCUT2D eigenvalue weighted by Crippen LogP contribution is 2.33. The number of nitrogens with zero attached hydrogens (tertiary/aromatic N) is 2. The topological polar surface area (TPSA) is 55.6 Å². The SMILES string of the molecule is COC1CN(c2ccc(CBr)cc2[N+](=O)[O-])CCC1C. The Hall–Kier alpha value is -1.14. The van der Waals surface area contributed by atoms with Gasteiger partial charge in [-0.25, -0.2) is 0 Å². The molecule has 1 aromatic carbocycles. The molecule has 110 valence electrons. The summed E-state index contributed by atoms with van der Waals surface area (Å²) in [4.78, 5) is 13.0. The predicted molar refractivity (Wildman–Crippen MR) is 82.5 cm³/mol. The monoisotopic (exact) mass is 342 g/mol. The van der Waals surface area contributed by atoms with E-state index in [2.05, 4.69) is 27.8 Å². The number of hydrogen-bond acceptors (Lipinski definition) is 4. The van der Waals surface area contributed by atoms with E-state index in [1.165, 1.54) is 0 Å². The molecule has 2 atom stereocenters. The van der Waals surface area contributed by atoms with E-state index in [0.29, 0.717) is 23.5 Å². The van der Waals surface area contributed by atoms with Gasteiger partial charge in [-0.2, -0.15) is 0 Å². The van der Waals surface area contributed by atoms with Crippen LogP contribution >= 0.6 is 15.9 Å². The molecule has 0 radical (unpaired) electrons. The molecule has 1 fully saturated rings. The summed E-state index contributed by atoms with van der Waals surface area (Å²) in [6.45, 7) is 3.69. The van der Waals surface area contributed by atoms with Crippen molar-refractivity contribution >= 4 is 27.3 Å². The fourth-order valence-electron chi connectivity index (χ4n) is 2.63. The Morgan fingerprint density at radius 2 is 2.30 bits per heavy atom. The lowest BCUT2D eigenvalue weighted by Crippen LogP contribution is -2.44. The van der Waals surface area contributed by atoms with E-state index in [4.69, 9.17) is 4.74 Å². The van der Waals surface area contributed by atoms with Crippen molar-refractivity contribution in [3.05, 3.63) is 33.9 Å². The number of nitro benzene ring substituents is 1. The smallest absolute Gasteiger partial charge is 0.292 e. The number of anilines is 1. The molecule has 0 amide bonds. The first-order valence-electron chi connectivity index (χ1n) is 6.67. The first kappa shape index (κ1) is 15.3. The van der Waals surface area contributed by atoms with Gasteiger partial charge in [0.05, 0.1) is 11.0 Å². The summed E-state index contributed by atoms with van der Waals surface area (Å²) in [6.07, 6.45) is 1.11. The number of halogens is 1. The van der Waals surface area contributed by atoms with E-state index in [-0.39, 0.29) is 16.7 Å². The van der Waals surface area contributed by atoms with Crippen molar-refractivity contribution in [2.75, 3.05) is 25.1 Å². The summed E-state index contributed by atoms with van der Waals surface area (Å²) in [5.41, 5.74) is 1.77. The summed E-state index contributed by atoms with van der Waals surface area (Å²) >= 11 is 3.33. The average molecular weight is 343 g/mol. The third-order valence-corrected chi connectivity index (χ3v) is 4.57. The molecule has 1 saturated heterocycles. The Morgan fingerprint density at radius 1 is 1.55 bits per heavy atom. The van der Waals surface area contributed by atoms with Crippen LogP contribution in [0.1, 0.15) is 18.9 Å². The van der Waals surface area contributed by atoms with Crippen LogP contribution in [0.3, 0.4) is 0 Å². The molecule has 6 heteroatoms. The first-order valence-corrected chi connectivity index (χ1v) is 7.80. The van der Waals surface area contributed by atoms with Crippen molar-refractivity contribution in [3.63, 3.8) is 0 Å². The average Bonchev–Trinajstić information content (AvgIpc) is 2.47. The highest BCUT2D eigenvalue weighted by atomic mass is 79.9. The number of piperidine rings is 1. The van der Waals surface area contributed by atoms with Crippen molar-refractivity contribution in [2.24, 2.45) is 5.92 Å². The van der Waals surface area contributed by atoms with Gasteiger partial charge < -0.3 is 9.64 Å². The molecule has 1 aliphatic rings. The molecule has 0 N–H and O–H groups in total. The van der Waals surface area contributed by atoms with Crippen LogP contribution in [0.2, 0.25) is 0 Å². The number of hydrogen-bond donors (Lipinski definition) is 0. The molecular weight excluding hydrogens is 324 g/mol. The summed E-state index contributed by atoms with van der Waals surface area (Å²) in [5.74, 6) is 0.483. The largest absolute Gasteiger partial charge is 0.379 e. The maximum absolute atomic E-state index is 11.3. The zero-order chi connectivity index (χ0) is 14.7. The van der Waals surface area contributed by atoms with Crippen LogP contribution < -0.4 is 4.90 Å². The van der Waals surface area contributed by atoms with Crippen LogP contribution in [0.4, 0.5) is 11.4 Å². The minimum Gasteiger partial charge on any atom is -0.379 e. The van der Waals surface area contributed by atoms with Gasteiger partial charge in [-0.15, -0.1) is 0 Å². The van der Waals surface area contributed by atoms with Gasteiger partial charge in [-0.1, -0.05) is 28.9 Å². The van der Waals surface area contributed by atoms with Crippen LogP contribution in [0, 0.1) is 16.0 Å². The zero-order valence-electron chi connectivity index (χ0n) is 11.7. The highest BCUT2D eigenvalue weighted by Gasteiger charge is 2.29. The number of benzene rings is 1. The molecule has 5 nitrogen and oxygen atoms in total. The molecular formula is C14H19BrN2O3. The van der Waals surface area contributed by atoms with Gasteiger partial charge >= 0.3 is 0 Å². The lowest BCUT2D eigenvalue weighted by Gasteiger charge is -2.37. The Balaban J connectivity index is 2.30. The molecule has 0 bridgehead atoms. The second kappa shape index (κ2) is 6.54. The van der Waals surface area contributed by atoms with E-state index < -0.39 is 0 Å². The van der Waals surface area contributed by atoms with Gasteiger partial charge in [0.25, 0.3) is 5.69 Å². The van der Waals surface area contributed by atoms with Crippen LogP contribution in [0.15, 0.2) is 18.2 Å². The lowest BCUT2D eigenvalue weighted by molar-refractivity contribution is -0.384. The predicted octanol–water partition coefficient (Wildman–Crippen LogP) is 3.35. The Kier molecular flexibility index (Phi) is 4.99. The Labute approximate surface area is 127 Å². The molecule has 1 aromatic rings. The van der Waals surface area contributed by atoms with E-state index >= 15 is 0 Å². The summed E-state index contributed by atoms with van der Waals surface area (Å²) in [7, 11) is 1.70. The Bertz CT molecular complexity index is 495. The van der Waals surface area contributed by atoms with E-state index in [1.807, 2.05) is 12.1 Å². The van der Waals surface area contributed by atoms with E-state index in [9.17, 15) is 10.1 Å². The molecule has 20 heavy (non-hydrogen) atoms. The van der Waals surface area contributed by atoms with Crippen LogP contribution in [0.5, 0.6) is 0 Å². The number of ether oxygens (including phenoxy) is 1.